The van der Waals surface area contributed by atoms with E-state index in [9.17, 15) is 24.3 Å². The zero-order valence-corrected chi connectivity index (χ0v) is 35.6. The van der Waals surface area contributed by atoms with Gasteiger partial charge in [-0.2, -0.15) is 0 Å². The van der Waals surface area contributed by atoms with Gasteiger partial charge in [-0.1, -0.05) is 72.8 Å². The van der Waals surface area contributed by atoms with E-state index in [1.807, 2.05) is 84.2 Å². The number of aromatic carboxylic acids is 2. The highest BCUT2D eigenvalue weighted by molar-refractivity contribution is 7.13. The maximum atomic E-state index is 12.6. The molecule has 2 aliphatic rings. The quantitative estimate of drug-likeness (QED) is 0.0804. The number of hydrogen-bond donors (Lipinski definition) is 6. The number of aromatic nitrogens is 4. The zero-order valence-electron chi connectivity index (χ0n) is 34.0. The molecule has 0 saturated carbocycles. The number of carbonyl (C=O) groups excluding carboxylic acids is 2. The molecule has 0 unspecified atom stereocenters. The third-order valence-electron chi connectivity index (χ3n) is 10.2. The first kappa shape index (κ1) is 41.8. The molecule has 2 amide bonds. The molecule has 4 aromatic heterocycles. The summed E-state index contributed by atoms with van der Waals surface area (Å²) in [4.78, 5) is 60.6. The molecule has 0 atom stereocenters. The van der Waals surface area contributed by atoms with E-state index in [1.54, 1.807) is 48.7 Å². The minimum atomic E-state index is -1.04. The molecular weight excluding hydrogens is 837 g/mol. The Kier molecular flexibility index (Phi) is 12.0. The van der Waals surface area contributed by atoms with Crippen LogP contribution in [0.15, 0.2) is 120 Å². The molecule has 0 bridgehead atoms. The van der Waals surface area contributed by atoms with Crippen molar-refractivity contribution in [1.82, 2.24) is 19.9 Å². The highest BCUT2D eigenvalue weighted by Gasteiger charge is 2.26. The highest BCUT2D eigenvalue weighted by Crippen LogP contribution is 2.38. The third kappa shape index (κ3) is 9.24. The minimum absolute atomic E-state index is 0.0606. The summed E-state index contributed by atoms with van der Waals surface area (Å²) < 4.78 is 4.86. The van der Waals surface area contributed by atoms with Gasteiger partial charge in [0.15, 0.2) is 5.88 Å². The van der Waals surface area contributed by atoms with Gasteiger partial charge in [0.2, 0.25) is 5.91 Å². The smallest absolute Gasteiger partial charge is 0.352 e. The van der Waals surface area contributed by atoms with Crippen LogP contribution in [-0.4, -0.2) is 61.0 Å². The Labute approximate surface area is 368 Å². The molecule has 4 aromatic carbocycles. The van der Waals surface area contributed by atoms with Crippen molar-refractivity contribution in [3.8, 4) is 49.5 Å². The van der Waals surface area contributed by atoms with Crippen LogP contribution in [0.5, 0.6) is 5.88 Å². The molecule has 63 heavy (non-hydrogen) atoms. The predicted molar refractivity (Wildman–Crippen MR) is 246 cm³/mol. The molecule has 2 aliphatic heterocycles. The van der Waals surface area contributed by atoms with Gasteiger partial charge in [0.05, 0.1) is 30.5 Å². The summed E-state index contributed by atoms with van der Waals surface area (Å²) in [6, 6.07) is 35.0. The lowest BCUT2D eigenvalue weighted by Crippen LogP contribution is -2.03. The summed E-state index contributed by atoms with van der Waals surface area (Å²) in [5.41, 5.74) is 12.3. The summed E-state index contributed by atoms with van der Waals surface area (Å²) in [5.74, 6) is -1.67. The fraction of sp³-hybridized carbons (Fsp3) is 0.0833. The van der Waals surface area contributed by atoms with Gasteiger partial charge in [-0.3, -0.25) is 9.59 Å². The average molecular weight is 875 g/mol. The molecule has 13 nitrogen and oxygen atoms in total. The highest BCUT2D eigenvalue weighted by atomic mass is 32.1. The van der Waals surface area contributed by atoms with Gasteiger partial charge in [0.1, 0.15) is 21.4 Å². The number of nitrogens with one attached hydrogen (secondary N) is 4. The molecule has 0 aliphatic carbocycles. The van der Waals surface area contributed by atoms with Crippen LogP contribution < -0.4 is 15.4 Å². The van der Waals surface area contributed by atoms with Gasteiger partial charge in [0, 0.05) is 61.2 Å². The number of aromatic amines is 2. The fourth-order valence-electron chi connectivity index (χ4n) is 6.97. The molecule has 0 radical (unpaired) electrons. The molecule has 0 fully saturated rings. The lowest BCUT2D eigenvalue weighted by molar-refractivity contribution is -0.115. The maximum Gasteiger partial charge on any atom is 0.352 e. The lowest BCUT2D eigenvalue weighted by Gasteiger charge is -2.03. The van der Waals surface area contributed by atoms with Crippen LogP contribution in [0.1, 0.15) is 48.9 Å². The van der Waals surface area contributed by atoms with Crippen molar-refractivity contribution in [2.75, 3.05) is 17.7 Å². The number of thiazole rings is 2. The summed E-state index contributed by atoms with van der Waals surface area (Å²) >= 11 is 3.21. The van der Waals surface area contributed by atoms with E-state index in [4.69, 9.17) is 19.8 Å². The van der Waals surface area contributed by atoms with Crippen molar-refractivity contribution in [2.45, 2.75) is 20.3 Å². The molecule has 314 valence electrons. The van der Waals surface area contributed by atoms with E-state index < -0.39 is 11.9 Å². The van der Waals surface area contributed by atoms with E-state index >= 15 is 0 Å². The number of carboxylic acid groups (broad SMARTS) is 2. The standard InChI is InChI=1S/C24H17N3O3S.C17H12N2OS.C7H9NO3/c1-13-9-20(24(29)30)25-19(13)11-17-16-10-15(7-8-18(16)26-22(17)28)21-12-31-23(27-21)14-5-3-2-4-6-14;20-16-9-13-8-12(6-7-14(13)18-16)15-10-21-17(19-15)11-4-2-1-3-5-11;1-4-3-5(7(9)10)8-6(4)11-2/h2-12,25H,1H3,(H,26,28)(H,29,30);1-8,10H,9H2,(H,18,20);3,8H,1-2H3,(H,9,10)/b17-11-;;. The maximum absolute atomic E-state index is 12.6. The normalized spacial score (nSPS) is 12.9. The number of methoxy groups -OCH3 is 1. The number of hydrogen-bond acceptors (Lipinski definition) is 9. The molecular formula is C48H38N6O7S2. The van der Waals surface area contributed by atoms with Gasteiger partial charge in [-0.15, -0.1) is 22.7 Å². The van der Waals surface area contributed by atoms with Gasteiger partial charge >= 0.3 is 11.9 Å². The Balaban J connectivity index is 0.000000146. The molecule has 0 spiro atoms. The molecule has 6 N–H and O–H groups in total. The number of fused-ring (bicyclic) bond motifs is 2. The van der Waals surface area contributed by atoms with E-state index in [-0.39, 0.29) is 23.2 Å². The second-order valence-corrected chi connectivity index (χ2v) is 16.2. The number of carbonyl (C=O) groups is 4. The zero-order chi connectivity index (χ0) is 44.2. The van der Waals surface area contributed by atoms with Crippen LogP contribution in [0.25, 0.3) is 55.3 Å². The number of ether oxygens (including phenoxy) is 1. The molecule has 0 saturated heterocycles. The van der Waals surface area contributed by atoms with E-state index in [0.717, 1.165) is 77.3 Å². The Morgan fingerprint density at radius 2 is 1.22 bits per heavy atom. The Bertz CT molecular complexity index is 3050. The number of benzene rings is 4. The SMILES string of the molecule is COc1[nH]c(C(=O)O)cc1C.Cc1cc(C(=O)O)[nH]c1/C=C1\C(=O)Nc2ccc(-c3csc(-c4ccccc4)n3)cc21.O=C1Cc2cc(-c3csc(-c4ccccc4)n3)ccc2N1. The van der Waals surface area contributed by atoms with Crippen molar-refractivity contribution in [1.29, 1.82) is 0 Å². The fourth-order valence-corrected chi connectivity index (χ4v) is 8.64. The summed E-state index contributed by atoms with van der Waals surface area (Å²) in [6.07, 6.45) is 2.15. The van der Waals surface area contributed by atoms with Crippen molar-refractivity contribution >= 4 is 69.5 Å². The molecule has 6 heterocycles. The molecule has 8 aromatic rings. The van der Waals surface area contributed by atoms with Crippen molar-refractivity contribution < 1.29 is 34.1 Å². The third-order valence-corrected chi connectivity index (χ3v) is 11.9. The van der Waals surface area contributed by atoms with Crippen LogP contribution in [0.3, 0.4) is 0 Å². The topological polar surface area (TPSA) is 199 Å². The number of rotatable bonds is 8. The number of anilines is 2. The van der Waals surface area contributed by atoms with Gasteiger partial charge < -0.3 is 35.6 Å². The number of nitrogens with zero attached hydrogens (tertiary/aromatic N) is 2. The Morgan fingerprint density at radius 3 is 1.76 bits per heavy atom. The number of aryl methyl sites for hydroxylation is 2. The van der Waals surface area contributed by atoms with Crippen LogP contribution in [0, 0.1) is 13.8 Å². The average Bonchev–Trinajstić information content (AvgIpc) is 4.16. The first-order chi connectivity index (χ1) is 30.4. The van der Waals surface area contributed by atoms with Gasteiger partial charge in [-0.05, 0) is 67.4 Å². The number of carboxylic acids is 2. The van der Waals surface area contributed by atoms with Gasteiger partial charge in [-0.25, -0.2) is 19.6 Å². The lowest BCUT2D eigenvalue weighted by atomic mass is 10.0. The first-order valence-electron chi connectivity index (χ1n) is 19.5. The van der Waals surface area contributed by atoms with Crippen LogP contribution >= 0.6 is 22.7 Å². The predicted octanol–water partition coefficient (Wildman–Crippen LogP) is 10.3. The van der Waals surface area contributed by atoms with Crippen molar-refractivity contribution in [3.05, 3.63) is 159 Å². The summed E-state index contributed by atoms with van der Waals surface area (Å²) in [6.45, 7) is 3.59. The van der Waals surface area contributed by atoms with E-state index in [0.29, 0.717) is 23.6 Å². The second kappa shape index (κ2) is 18.0. The van der Waals surface area contributed by atoms with E-state index in [2.05, 4.69) is 44.2 Å². The van der Waals surface area contributed by atoms with Crippen LogP contribution in [-0.2, 0) is 16.0 Å². The van der Waals surface area contributed by atoms with Crippen molar-refractivity contribution in [3.63, 3.8) is 0 Å². The molecule has 10 rings (SSSR count). The largest absolute Gasteiger partial charge is 0.482 e. The van der Waals surface area contributed by atoms with Crippen LogP contribution in [0.2, 0.25) is 0 Å². The van der Waals surface area contributed by atoms with E-state index in [1.165, 1.54) is 13.2 Å². The Hall–Kier alpha value is -7.88. The number of amides is 2. The Morgan fingerprint density at radius 1 is 0.667 bits per heavy atom. The molecule has 15 heteroatoms. The second-order valence-electron chi connectivity index (χ2n) is 14.5. The summed E-state index contributed by atoms with van der Waals surface area (Å²) in [5, 5.41) is 29.5. The van der Waals surface area contributed by atoms with Crippen molar-refractivity contribution in [2.24, 2.45) is 0 Å². The first-order valence-corrected chi connectivity index (χ1v) is 21.2. The van der Waals surface area contributed by atoms with Crippen LogP contribution in [0.4, 0.5) is 11.4 Å². The number of H-pyrrole nitrogens is 2. The monoisotopic (exact) mass is 874 g/mol. The van der Waals surface area contributed by atoms with Gasteiger partial charge in [0.25, 0.3) is 5.91 Å². The minimum Gasteiger partial charge on any atom is -0.482 e. The summed E-state index contributed by atoms with van der Waals surface area (Å²) in [7, 11) is 1.49.